The normalized spacial score (nSPS) is 13.6. The summed E-state index contributed by atoms with van der Waals surface area (Å²) in [7, 11) is 0. The SMILES string of the molecule is Cc1cc2sc(-c3sc(C)c4c3C(=O)c3sccc3C4=O)cc2s1. The molecule has 0 aromatic carbocycles. The molecule has 0 unspecified atom stereocenters. The van der Waals surface area contributed by atoms with Crippen molar-refractivity contribution >= 4 is 66.3 Å². The Bertz CT molecular complexity index is 1130. The molecule has 0 atom stereocenters. The van der Waals surface area contributed by atoms with Crippen molar-refractivity contribution in [2.45, 2.75) is 13.8 Å². The summed E-state index contributed by atoms with van der Waals surface area (Å²) >= 11 is 6.40. The van der Waals surface area contributed by atoms with Crippen LogP contribution in [0.1, 0.15) is 40.9 Å². The van der Waals surface area contributed by atoms with Crippen molar-refractivity contribution < 1.29 is 9.59 Å². The van der Waals surface area contributed by atoms with E-state index in [0.29, 0.717) is 21.6 Å². The van der Waals surface area contributed by atoms with Crippen LogP contribution < -0.4 is 0 Å². The number of rotatable bonds is 1. The fraction of sp³-hybridized carbons (Fsp3) is 0.111. The molecule has 0 radical (unpaired) electrons. The van der Waals surface area contributed by atoms with E-state index in [4.69, 9.17) is 0 Å². The average molecular weight is 387 g/mol. The molecule has 24 heavy (non-hydrogen) atoms. The molecule has 0 fully saturated rings. The lowest BCUT2D eigenvalue weighted by molar-refractivity contribution is 0.0983. The fourth-order valence-corrected chi connectivity index (χ4v) is 7.60. The molecule has 4 aromatic heterocycles. The highest BCUT2D eigenvalue weighted by molar-refractivity contribution is 7.31. The van der Waals surface area contributed by atoms with Crippen LogP contribution in [0.4, 0.5) is 0 Å². The fourth-order valence-electron chi connectivity index (χ4n) is 3.19. The molecule has 5 rings (SSSR count). The predicted octanol–water partition coefficient (Wildman–Crippen LogP) is 6.15. The van der Waals surface area contributed by atoms with Gasteiger partial charge in [-0.15, -0.1) is 45.3 Å². The van der Waals surface area contributed by atoms with Crippen molar-refractivity contribution in [3.63, 3.8) is 0 Å². The summed E-state index contributed by atoms with van der Waals surface area (Å²) in [5.41, 5.74) is 1.79. The van der Waals surface area contributed by atoms with E-state index in [1.807, 2.05) is 12.3 Å². The zero-order chi connectivity index (χ0) is 16.6. The summed E-state index contributed by atoms with van der Waals surface area (Å²) in [4.78, 5) is 30.7. The van der Waals surface area contributed by atoms with Gasteiger partial charge in [-0.2, -0.15) is 0 Å². The van der Waals surface area contributed by atoms with E-state index >= 15 is 0 Å². The highest BCUT2D eigenvalue weighted by Crippen LogP contribution is 2.47. The topological polar surface area (TPSA) is 34.1 Å². The van der Waals surface area contributed by atoms with Crippen LogP contribution >= 0.6 is 45.3 Å². The van der Waals surface area contributed by atoms with Gasteiger partial charge in [-0.3, -0.25) is 9.59 Å². The van der Waals surface area contributed by atoms with Crippen LogP contribution in [0.2, 0.25) is 0 Å². The van der Waals surface area contributed by atoms with Crippen LogP contribution in [0, 0.1) is 13.8 Å². The summed E-state index contributed by atoms with van der Waals surface area (Å²) in [5, 5.41) is 1.83. The molecule has 0 aliphatic heterocycles. The lowest BCUT2D eigenvalue weighted by Crippen LogP contribution is -2.18. The maximum absolute atomic E-state index is 13.0. The van der Waals surface area contributed by atoms with E-state index in [1.165, 1.54) is 25.6 Å². The zero-order valence-electron chi connectivity index (χ0n) is 12.8. The van der Waals surface area contributed by atoms with Crippen molar-refractivity contribution in [1.29, 1.82) is 0 Å². The predicted molar refractivity (Wildman–Crippen MR) is 104 cm³/mol. The molecule has 118 valence electrons. The number of hydrogen-bond acceptors (Lipinski definition) is 6. The van der Waals surface area contributed by atoms with E-state index in [-0.39, 0.29) is 11.6 Å². The molecule has 0 amide bonds. The molecule has 1 aliphatic carbocycles. The van der Waals surface area contributed by atoms with Crippen LogP contribution in [0.3, 0.4) is 0 Å². The Hall–Kier alpha value is -1.60. The van der Waals surface area contributed by atoms with Crippen molar-refractivity contribution in [2.75, 3.05) is 0 Å². The Balaban J connectivity index is 1.78. The van der Waals surface area contributed by atoms with E-state index in [1.54, 1.807) is 40.1 Å². The molecule has 6 heteroatoms. The van der Waals surface area contributed by atoms with Gasteiger partial charge in [0.15, 0.2) is 5.78 Å². The zero-order valence-corrected chi connectivity index (χ0v) is 16.0. The maximum Gasteiger partial charge on any atom is 0.205 e. The average Bonchev–Trinajstić information content (AvgIpc) is 3.25. The first kappa shape index (κ1) is 14.7. The summed E-state index contributed by atoms with van der Waals surface area (Å²) in [6.45, 7) is 4.05. The molecular formula is C18H10O2S4. The van der Waals surface area contributed by atoms with Gasteiger partial charge < -0.3 is 0 Å². The summed E-state index contributed by atoms with van der Waals surface area (Å²) in [6, 6.07) is 6.11. The standard InChI is InChI=1S/C18H10O2S4/c1-7-5-10-11(22-7)6-12(24-10)18-14-13(8(2)23-18)15(19)9-3-4-21-17(9)16(14)20/h3-6H,1-2H3. The monoisotopic (exact) mass is 386 g/mol. The molecule has 4 aromatic rings. The molecule has 0 bridgehead atoms. The summed E-state index contributed by atoms with van der Waals surface area (Å²) in [6.07, 6.45) is 0. The first-order valence-corrected chi connectivity index (χ1v) is 10.7. The van der Waals surface area contributed by atoms with E-state index < -0.39 is 0 Å². The van der Waals surface area contributed by atoms with Crippen LogP contribution in [-0.2, 0) is 0 Å². The number of aryl methyl sites for hydroxylation is 2. The van der Waals surface area contributed by atoms with Gasteiger partial charge in [0.2, 0.25) is 5.78 Å². The lowest BCUT2D eigenvalue weighted by Gasteiger charge is -2.12. The highest BCUT2D eigenvalue weighted by atomic mass is 32.1. The Labute approximate surface area is 154 Å². The van der Waals surface area contributed by atoms with Crippen molar-refractivity contribution in [3.8, 4) is 9.75 Å². The van der Waals surface area contributed by atoms with Crippen LogP contribution in [0.15, 0.2) is 23.6 Å². The van der Waals surface area contributed by atoms with Gasteiger partial charge in [0.25, 0.3) is 0 Å². The second-order valence-electron chi connectivity index (χ2n) is 5.76. The van der Waals surface area contributed by atoms with Crippen molar-refractivity contribution in [1.82, 2.24) is 0 Å². The van der Waals surface area contributed by atoms with Gasteiger partial charge in [0, 0.05) is 35.2 Å². The molecule has 0 N–H and O–H groups in total. The Morgan fingerprint density at radius 1 is 0.833 bits per heavy atom. The Morgan fingerprint density at radius 3 is 2.42 bits per heavy atom. The minimum absolute atomic E-state index is 0.00175. The number of ketones is 2. The summed E-state index contributed by atoms with van der Waals surface area (Å²) in [5.74, 6) is -0.00283. The highest BCUT2D eigenvalue weighted by Gasteiger charge is 2.36. The van der Waals surface area contributed by atoms with Gasteiger partial charge in [-0.1, -0.05) is 0 Å². The third-order valence-electron chi connectivity index (χ3n) is 4.21. The van der Waals surface area contributed by atoms with Crippen molar-refractivity contribution in [2.24, 2.45) is 0 Å². The minimum Gasteiger partial charge on any atom is -0.288 e. The number of carbonyl (C=O) groups is 2. The third-order valence-corrected chi connectivity index (χ3v) is 8.62. The molecule has 2 nitrogen and oxygen atoms in total. The van der Waals surface area contributed by atoms with Gasteiger partial charge in [0.05, 0.1) is 15.3 Å². The number of thiophene rings is 4. The van der Waals surface area contributed by atoms with Crippen LogP contribution in [-0.4, -0.2) is 11.6 Å². The maximum atomic E-state index is 13.0. The molecule has 0 spiro atoms. The van der Waals surface area contributed by atoms with E-state index in [2.05, 4.69) is 19.1 Å². The number of fused-ring (bicyclic) bond motifs is 3. The molecular weight excluding hydrogens is 376 g/mol. The molecule has 0 saturated carbocycles. The van der Waals surface area contributed by atoms with Gasteiger partial charge in [0.1, 0.15) is 0 Å². The first-order chi connectivity index (χ1) is 11.5. The molecule has 1 aliphatic rings. The van der Waals surface area contributed by atoms with Gasteiger partial charge >= 0.3 is 0 Å². The van der Waals surface area contributed by atoms with Gasteiger partial charge in [-0.05, 0) is 37.4 Å². The third kappa shape index (κ3) is 1.85. The number of hydrogen-bond donors (Lipinski definition) is 0. The lowest BCUT2D eigenvalue weighted by atomic mass is 9.89. The first-order valence-electron chi connectivity index (χ1n) is 7.35. The molecule has 4 heterocycles. The second kappa shape index (κ2) is 4.95. The Morgan fingerprint density at radius 2 is 1.62 bits per heavy atom. The summed E-state index contributed by atoms with van der Waals surface area (Å²) < 4.78 is 2.50. The number of carbonyl (C=O) groups excluding carboxylic acids is 2. The smallest absolute Gasteiger partial charge is 0.205 e. The van der Waals surface area contributed by atoms with E-state index in [9.17, 15) is 9.59 Å². The molecule has 0 saturated heterocycles. The Kier molecular flexibility index (Phi) is 3.04. The van der Waals surface area contributed by atoms with E-state index in [0.717, 1.165) is 14.6 Å². The largest absolute Gasteiger partial charge is 0.288 e. The van der Waals surface area contributed by atoms with Crippen LogP contribution in [0.5, 0.6) is 0 Å². The van der Waals surface area contributed by atoms with Crippen molar-refractivity contribution in [3.05, 3.63) is 54.9 Å². The minimum atomic E-state index is -0.00457. The van der Waals surface area contributed by atoms with Gasteiger partial charge in [-0.25, -0.2) is 0 Å². The quantitative estimate of drug-likeness (QED) is 0.346. The second-order valence-corrected chi connectivity index (χ2v) is 10.3. The van der Waals surface area contributed by atoms with Crippen LogP contribution in [0.25, 0.3) is 19.2 Å².